The lowest BCUT2D eigenvalue weighted by molar-refractivity contribution is 1.21. The minimum Gasteiger partial charge on any atom is -0.0832 e. The molecule has 1 aromatic carbocycles. The summed E-state index contributed by atoms with van der Waals surface area (Å²) in [6, 6.07) is 10.7. The third-order valence-electron chi connectivity index (χ3n) is 2.81. The zero-order valence-electron chi connectivity index (χ0n) is 9.04. The Morgan fingerprint density at radius 1 is 1.14 bits per heavy atom. The summed E-state index contributed by atoms with van der Waals surface area (Å²) in [7, 11) is 0. The predicted octanol–water partition coefficient (Wildman–Crippen LogP) is 4.07. The molecule has 1 aliphatic rings. The van der Waals surface area contributed by atoms with E-state index in [-0.39, 0.29) is 0 Å². The number of rotatable bonds is 1. The maximum atomic E-state index is 2.24. The SMILES string of the molecule is C/C=C1/C(=C(C)C)C1c1ccccc1. The topological polar surface area (TPSA) is 0 Å². The second-order valence-electron chi connectivity index (χ2n) is 4.00. The van der Waals surface area contributed by atoms with Gasteiger partial charge in [-0.15, -0.1) is 0 Å². The van der Waals surface area contributed by atoms with Crippen LogP contribution in [0.2, 0.25) is 0 Å². The molecule has 0 spiro atoms. The normalized spacial score (nSPS) is 22.6. The van der Waals surface area contributed by atoms with Crippen molar-refractivity contribution in [3.05, 3.63) is 58.7 Å². The molecule has 0 radical (unpaired) electrons. The van der Waals surface area contributed by atoms with Gasteiger partial charge in [0.05, 0.1) is 0 Å². The second kappa shape index (κ2) is 3.45. The smallest absolute Gasteiger partial charge is 0.0342 e. The number of hydrogen-bond donors (Lipinski definition) is 0. The lowest BCUT2D eigenvalue weighted by Gasteiger charge is -1.94. The average Bonchev–Trinajstić information content (AvgIpc) is 2.93. The monoisotopic (exact) mass is 184 g/mol. The van der Waals surface area contributed by atoms with Crippen LogP contribution in [-0.4, -0.2) is 0 Å². The van der Waals surface area contributed by atoms with Gasteiger partial charge >= 0.3 is 0 Å². The third-order valence-corrected chi connectivity index (χ3v) is 2.81. The lowest BCUT2D eigenvalue weighted by Crippen LogP contribution is -1.77. The molecule has 0 aliphatic heterocycles. The summed E-state index contributed by atoms with van der Waals surface area (Å²) in [5.41, 5.74) is 5.93. The summed E-state index contributed by atoms with van der Waals surface area (Å²) >= 11 is 0. The van der Waals surface area contributed by atoms with Crippen molar-refractivity contribution >= 4 is 0 Å². The maximum Gasteiger partial charge on any atom is 0.0342 e. The van der Waals surface area contributed by atoms with Gasteiger partial charge in [-0.25, -0.2) is 0 Å². The Labute approximate surface area is 86.0 Å². The quantitative estimate of drug-likeness (QED) is 0.617. The van der Waals surface area contributed by atoms with Gasteiger partial charge in [-0.2, -0.15) is 0 Å². The third kappa shape index (κ3) is 1.41. The molecule has 0 N–H and O–H groups in total. The molecule has 1 atom stereocenters. The van der Waals surface area contributed by atoms with E-state index < -0.39 is 0 Å². The fourth-order valence-corrected chi connectivity index (χ4v) is 2.13. The summed E-state index contributed by atoms with van der Waals surface area (Å²) in [4.78, 5) is 0. The van der Waals surface area contributed by atoms with Crippen LogP contribution >= 0.6 is 0 Å². The van der Waals surface area contributed by atoms with E-state index in [0.29, 0.717) is 5.92 Å². The molecule has 0 amide bonds. The van der Waals surface area contributed by atoms with Crippen LogP contribution < -0.4 is 0 Å². The van der Waals surface area contributed by atoms with Gasteiger partial charge in [-0.1, -0.05) is 42.0 Å². The molecule has 2 rings (SSSR count). The molecule has 0 heteroatoms. The second-order valence-corrected chi connectivity index (χ2v) is 4.00. The number of hydrogen-bond acceptors (Lipinski definition) is 0. The van der Waals surface area contributed by atoms with Crippen molar-refractivity contribution in [3.8, 4) is 0 Å². The molecule has 0 bridgehead atoms. The Hall–Kier alpha value is -1.30. The highest BCUT2D eigenvalue weighted by Crippen LogP contribution is 2.54. The van der Waals surface area contributed by atoms with Crippen molar-refractivity contribution in [3.63, 3.8) is 0 Å². The van der Waals surface area contributed by atoms with Gasteiger partial charge < -0.3 is 0 Å². The van der Waals surface area contributed by atoms with E-state index in [0.717, 1.165) is 0 Å². The Bertz CT molecular complexity index is 389. The molecular weight excluding hydrogens is 168 g/mol. The van der Waals surface area contributed by atoms with E-state index in [4.69, 9.17) is 0 Å². The highest BCUT2D eigenvalue weighted by atomic mass is 14.4. The molecular formula is C14H16. The standard InChI is InChI=1S/C14H16/c1-4-12-13(10(2)3)14(12)11-8-6-5-7-9-11/h4-9,14H,1-3H3/b12-4-. The summed E-state index contributed by atoms with van der Waals surface area (Å²) in [5.74, 6) is 0.589. The molecule has 0 heterocycles. The first-order valence-corrected chi connectivity index (χ1v) is 5.14. The van der Waals surface area contributed by atoms with Crippen LogP contribution in [0.3, 0.4) is 0 Å². The van der Waals surface area contributed by atoms with Crippen LogP contribution in [0.1, 0.15) is 32.3 Å². The molecule has 1 aromatic rings. The summed E-state index contributed by atoms with van der Waals surface area (Å²) in [6.45, 7) is 6.52. The first-order chi connectivity index (χ1) is 6.75. The lowest BCUT2D eigenvalue weighted by atomic mass is 10.1. The van der Waals surface area contributed by atoms with Gasteiger partial charge in [0, 0.05) is 5.92 Å². The van der Waals surface area contributed by atoms with Crippen molar-refractivity contribution in [2.45, 2.75) is 26.7 Å². The minimum atomic E-state index is 0.589. The van der Waals surface area contributed by atoms with E-state index in [9.17, 15) is 0 Å². The molecule has 1 unspecified atom stereocenters. The van der Waals surface area contributed by atoms with E-state index in [1.807, 2.05) is 0 Å². The Morgan fingerprint density at radius 2 is 1.79 bits per heavy atom. The number of benzene rings is 1. The van der Waals surface area contributed by atoms with E-state index >= 15 is 0 Å². The Kier molecular flexibility index (Phi) is 2.28. The van der Waals surface area contributed by atoms with Crippen molar-refractivity contribution in [2.75, 3.05) is 0 Å². The molecule has 1 fully saturated rings. The van der Waals surface area contributed by atoms with Crippen molar-refractivity contribution in [1.29, 1.82) is 0 Å². The van der Waals surface area contributed by atoms with Crippen LogP contribution in [0, 0.1) is 0 Å². The van der Waals surface area contributed by atoms with Crippen molar-refractivity contribution in [1.82, 2.24) is 0 Å². The fourth-order valence-electron chi connectivity index (χ4n) is 2.13. The van der Waals surface area contributed by atoms with Crippen LogP contribution in [0.5, 0.6) is 0 Å². The minimum absolute atomic E-state index is 0.589. The highest BCUT2D eigenvalue weighted by molar-refractivity contribution is 5.66. The van der Waals surface area contributed by atoms with E-state index in [1.165, 1.54) is 16.7 Å². The van der Waals surface area contributed by atoms with Crippen molar-refractivity contribution < 1.29 is 0 Å². The van der Waals surface area contributed by atoms with Gasteiger partial charge in [-0.05, 0) is 37.5 Å². The predicted molar refractivity (Wildman–Crippen MR) is 61.3 cm³/mol. The van der Waals surface area contributed by atoms with E-state index in [2.05, 4.69) is 57.2 Å². The van der Waals surface area contributed by atoms with Gasteiger partial charge in [0.15, 0.2) is 0 Å². The largest absolute Gasteiger partial charge is 0.0832 e. The van der Waals surface area contributed by atoms with E-state index in [1.54, 1.807) is 5.57 Å². The molecule has 0 nitrogen and oxygen atoms in total. The van der Waals surface area contributed by atoms with Crippen LogP contribution in [0.4, 0.5) is 0 Å². The number of allylic oxidation sites excluding steroid dienone is 4. The summed E-state index contributed by atoms with van der Waals surface area (Å²) in [6.07, 6.45) is 2.24. The molecule has 0 saturated heterocycles. The zero-order chi connectivity index (χ0) is 10.1. The highest BCUT2D eigenvalue weighted by Gasteiger charge is 2.38. The summed E-state index contributed by atoms with van der Waals surface area (Å²) in [5, 5.41) is 0. The first kappa shape index (κ1) is 9.26. The molecule has 0 aromatic heterocycles. The van der Waals surface area contributed by atoms with Crippen LogP contribution in [0.15, 0.2) is 53.1 Å². The Morgan fingerprint density at radius 3 is 2.21 bits per heavy atom. The first-order valence-electron chi connectivity index (χ1n) is 5.14. The van der Waals surface area contributed by atoms with Gasteiger partial charge in [0.2, 0.25) is 0 Å². The molecule has 1 saturated carbocycles. The summed E-state index contributed by atoms with van der Waals surface area (Å²) < 4.78 is 0. The van der Waals surface area contributed by atoms with Gasteiger partial charge in [0.1, 0.15) is 0 Å². The molecule has 72 valence electrons. The van der Waals surface area contributed by atoms with Gasteiger partial charge in [0.25, 0.3) is 0 Å². The molecule has 14 heavy (non-hydrogen) atoms. The van der Waals surface area contributed by atoms with Crippen LogP contribution in [0.25, 0.3) is 0 Å². The van der Waals surface area contributed by atoms with Crippen molar-refractivity contribution in [2.24, 2.45) is 0 Å². The van der Waals surface area contributed by atoms with Gasteiger partial charge in [-0.3, -0.25) is 0 Å². The fraction of sp³-hybridized carbons (Fsp3) is 0.286. The maximum absolute atomic E-state index is 2.24. The zero-order valence-corrected chi connectivity index (χ0v) is 9.04. The Balaban J connectivity index is 2.37. The molecule has 1 aliphatic carbocycles. The van der Waals surface area contributed by atoms with Crippen LogP contribution in [-0.2, 0) is 0 Å². The average molecular weight is 184 g/mol.